The topological polar surface area (TPSA) is 50.9 Å². The third kappa shape index (κ3) is 2.36. The lowest BCUT2D eigenvalue weighted by atomic mass is 10.2. The van der Waals surface area contributed by atoms with Crippen molar-refractivity contribution >= 4 is 11.0 Å². The van der Waals surface area contributed by atoms with Gasteiger partial charge in [-0.1, -0.05) is 0 Å². The van der Waals surface area contributed by atoms with Crippen molar-refractivity contribution in [2.75, 3.05) is 6.61 Å². The molecule has 0 aliphatic heterocycles. The van der Waals surface area contributed by atoms with Crippen molar-refractivity contribution in [3.8, 4) is 11.4 Å². The first-order valence-electron chi connectivity index (χ1n) is 6.17. The summed E-state index contributed by atoms with van der Waals surface area (Å²) >= 11 is 0. The first-order chi connectivity index (χ1) is 10.1. The van der Waals surface area contributed by atoms with Crippen LogP contribution < -0.4 is 0 Å². The minimum absolute atomic E-state index is 0.118. The highest BCUT2D eigenvalue weighted by Crippen LogP contribution is 2.26. The normalized spacial score (nSPS) is 11.2. The van der Waals surface area contributed by atoms with E-state index in [4.69, 9.17) is 5.11 Å². The fourth-order valence-corrected chi connectivity index (χ4v) is 2.20. The van der Waals surface area contributed by atoms with Gasteiger partial charge in [-0.15, -0.1) is 0 Å². The molecule has 0 saturated carbocycles. The monoisotopic (exact) mass is 293 g/mol. The van der Waals surface area contributed by atoms with Gasteiger partial charge in [-0.3, -0.25) is 4.98 Å². The lowest BCUT2D eigenvalue weighted by Gasteiger charge is -2.07. The smallest absolute Gasteiger partial charge is 0.161 e. The zero-order valence-electron chi connectivity index (χ0n) is 10.7. The largest absolute Gasteiger partial charge is 0.395 e. The molecule has 0 aliphatic carbocycles. The van der Waals surface area contributed by atoms with Gasteiger partial charge in [0, 0.05) is 30.4 Å². The molecular weight excluding hydrogens is 283 g/mol. The number of nitrogens with zero attached hydrogens (tertiary/aromatic N) is 3. The number of aromatic nitrogens is 3. The van der Waals surface area contributed by atoms with Crippen molar-refractivity contribution in [3.63, 3.8) is 0 Å². The molecule has 0 saturated heterocycles. The summed E-state index contributed by atoms with van der Waals surface area (Å²) in [4.78, 5) is 7.91. The van der Waals surface area contributed by atoms with Gasteiger partial charge in [0.1, 0.15) is 11.6 Å². The zero-order valence-corrected chi connectivity index (χ0v) is 10.7. The van der Waals surface area contributed by atoms with E-state index >= 15 is 0 Å². The van der Waals surface area contributed by atoms with Crippen LogP contribution in [0.1, 0.15) is 0 Å². The number of fused-ring (bicyclic) bond motifs is 1. The third-order valence-electron chi connectivity index (χ3n) is 3.08. The zero-order chi connectivity index (χ0) is 15.0. The number of pyridine rings is 1. The van der Waals surface area contributed by atoms with Crippen LogP contribution in [0.5, 0.6) is 0 Å². The highest BCUT2D eigenvalue weighted by molar-refractivity contribution is 5.80. The van der Waals surface area contributed by atoms with Gasteiger partial charge in [-0.05, 0) is 6.07 Å². The molecule has 1 N–H and O–H groups in total. The van der Waals surface area contributed by atoms with E-state index in [-0.39, 0.29) is 24.5 Å². The number of aliphatic hydroxyl groups excluding tert-OH is 1. The Morgan fingerprint density at radius 3 is 2.52 bits per heavy atom. The average Bonchev–Trinajstić information content (AvgIpc) is 2.78. The Morgan fingerprint density at radius 2 is 1.81 bits per heavy atom. The number of benzene rings is 1. The molecule has 3 rings (SSSR count). The highest BCUT2D eigenvalue weighted by Gasteiger charge is 2.16. The summed E-state index contributed by atoms with van der Waals surface area (Å²) in [5.41, 5.74) is 0.907. The third-order valence-corrected chi connectivity index (χ3v) is 3.08. The minimum atomic E-state index is -1.01. The summed E-state index contributed by atoms with van der Waals surface area (Å²) in [6, 6.07) is 3.19. The summed E-state index contributed by atoms with van der Waals surface area (Å²) < 4.78 is 41.5. The van der Waals surface area contributed by atoms with Crippen molar-refractivity contribution in [1.29, 1.82) is 0 Å². The Morgan fingerprint density at radius 1 is 1.05 bits per heavy atom. The number of aliphatic hydroxyl groups is 1. The first kappa shape index (κ1) is 13.6. The van der Waals surface area contributed by atoms with Crippen LogP contribution in [0.15, 0.2) is 30.6 Å². The van der Waals surface area contributed by atoms with Crippen molar-refractivity contribution in [3.05, 3.63) is 48.0 Å². The lowest BCUT2D eigenvalue weighted by Crippen LogP contribution is -2.04. The predicted octanol–water partition coefficient (Wildman–Crippen LogP) is 2.51. The van der Waals surface area contributed by atoms with Gasteiger partial charge < -0.3 is 9.67 Å². The van der Waals surface area contributed by atoms with E-state index < -0.39 is 17.5 Å². The van der Waals surface area contributed by atoms with Crippen LogP contribution >= 0.6 is 0 Å². The molecule has 3 aromatic rings. The van der Waals surface area contributed by atoms with Gasteiger partial charge >= 0.3 is 0 Å². The van der Waals surface area contributed by atoms with Crippen molar-refractivity contribution in [2.45, 2.75) is 6.54 Å². The van der Waals surface area contributed by atoms with Crippen LogP contribution in [0, 0.1) is 17.5 Å². The van der Waals surface area contributed by atoms with Gasteiger partial charge in [-0.2, -0.15) is 0 Å². The molecule has 0 unspecified atom stereocenters. The number of hydrogen-bond donors (Lipinski definition) is 1. The molecule has 108 valence electrons. The van der Waals surface area contributed by atoms with Crippen molar-refractivity contribution < 1.29 is 18.3 Å². The van der Waals surface area contributed by atoms with E-state index in [9.17, 15) is 13.2 Å². The summed E-state index contributed by atoms with van der Waals surface area (Å²) in [5.74, 6) is -2.28. The standard InChI is InChI=1S/C14H10F3N3O/c15-9-3-8(6-18-7-9)14-19-12-4-10(16)11(17)5-13(12)20(14)1-2-21/h3-7,21H,1-2H2. The predicted molar refractivity (Wildman–Crippen MR) is 69.9 cm³/mol. The molecule has 0 radical (unpaired) electrons. The maximum atomic E-state index is 13.4. The van der Waals surface area contributed by atoms with E-state index in [1.165, 1.54) is 16.8 Å². The van der Waals surface area contributed by atoms with Crippen LogP contribution in [-0.4, -0.2) is 26.2 Å². The van der Waals surface area contributed by atoms with E-state index in [0.29, 0.717) is 11.1 Å². The fraction of sp³-hybridized carbons (Fsp3) is 0.143. The van der Waals surface area contributed by atoms with Gasteiger partial charge in [0.15, 0.2) is 11.6 Å². The van der Waals surface area contributed by atoms with E-state index in [0.717, 1.165) is 18.3 Å². The second kappa shape index (κ2) is 5.17. The Labute approximate surface area is 117 Å². The lowest BCUT2D eigenvalue weighted by molar-refractivity contribution is 0.278. The first-order valence-corrected chi connectivity index (χ1v) is 6.17. The maximum Gasteiger partial charge on any atom is 0.161 e. The molecule has 0 bridgehead atoms. The van der Waals surface area contributed by atoms with E-state index in [1.807, 2.05) is 0 Å². The summed E-state index contributed by atoms with van der Waals surface area (Å²) in [6.07, 6.45) is 2.44. The second-order valence-electron chi connectivity index (χ2n) is 4.46. The molecule has 4 nitrogen and oxygen atoms in total. The molecule has 1 aromatic carbocycles. The van der Waals surface area contributed by atoms with Crippen LogP contribution in [0.2, 0.25) is 0 Å². The van der Waals surface area contributed by atoms with E-state index in [1.54, 1.807) is 0 Å². The average molecular weight is 293 g/mol. The SMILES string of the molecule is OCCn1c(-c2cncc(F)c2)nc2cc(F)c(F)cc21. The Balaban J connectivity index is 2.28. The number of rotatable bonds is 3. The van der Waals surface area contributed by atoms with E-state index in [2.05, 4.69) is 9.97 Å². The molecule has 7 heteroatoms. The van der Waals surface area contributed by atoms with Crippen LogP contribution in [0.3, 0.4) is 0 Å². The Kier molecular flexibility index (Phi) is 3.34. The summed E-state index contributed by atoms with van der Waals surface area (Å²) in [5, 5.41) is 9.14. The van der Waals surface area contributed by atoms with Crippen molar-refractivity contribution in [2.24, 2.45) is 0 Å². The molecule has 2 aromatic heterocycles. The molecule has 0 amide bonds. The van der Waals surface area contributed by atoms with Crippen LogP contribution in [0.4, 0.5) is 13.2 Å². The molecule has 21 heavy (non-hydrogen) atoms. The fourth-order valence-electron chi connectivity index (χ4n) is 2.20. The molecule has 0 atom stereocenters. The number of hydrogen-bond acceptors (Lipinski definition) is 3. The molecule has 0 spiro atoms. The number of imidazole rings is 1. The summed E-state index contributed by atoms with van der Waals surface area (Å²) in [7, 11) is 0. The molecule has 0 fully saturated rings. The molecular formula is C14H10F3N3O. The highest BCUT2D eigenvalue weighted by atomic mass is 19.2. The Hall–Kier alpha value is -2.41. The van der Waals surface area contributed by atoms with Crippen molar-refractivity contribution in [1.82, 2.24) is 14.5 Å². The summed E-state index contributed by atoms with van der Waals surface area (Å²) in [6.45, 7) is -0.104. The van der Waals surface area contributed by atoms with Gasteiger partial charge in [0.2, 0.25) is 0 Å². The quantitative estimate of drug-likeness (QED) is 0.807. The maximum absolute atomic E-state index is 13.4. The second-order valence-corrected chi connectivity index (χ2v) is 4.46. The minimum Gasteiger partial charge on any atom is -0.395 e. The molecule has 2 heterocycles. The van der Waals surface area contributed by atoms with Gasteiger partial charge in [0.25, 0.3) is 0 Å². The van der Waals surface area contributed by atoms with Crippen LogP contribution in [0.25, 0.3) is 22.4 Å². The Bertz CT molecular complexity index is 817. The number of halogens is 3. The molecule has 0 aliphatic rings. The van der Waals surface area contributed by atoms with Gasteiger partial charge in [-0.25, -0.2) is 18.2 Å². The van der Waals surface area contributed by atoms with Crippen LogP contribution in [-0.2, 0) is 6.54 Å². The van der Waals surface area contributed by atoms with Gasteiger partial charge in [0.05, 0.1) is 23.8 Å².